The van der Waals surface area contributed by atoms with Gasteiger partial charge in [0.25, 0.3) is 0 Å². The molecule has 0 amide bonds. The van der Waals surface area contributed by atoms with Crippen molar-refractivity contribution in [2.24, 2.45) is 5.92 Å². The summed E-state index contributed by atoms with van der Waals surface area (Å²) < 4.78 is 7.09. The molecule has 1 N–H and O–H groups in total. The molecule has 1 fully saturated rings. The third kappa shape index (κ3) is 5.22. The van der Waals surface area contributed by atoms with Gasteiger partial charge in [-0.05, 0) is 48.9 Å². The fourth-order valence-corrected chi connectivity index (χ4v) is 4.14. The van der Waals surface area contributed by atoms with Gasteiger partial charge in [0, 0.05) is 17.3 Å². The maximum Gasteiger partial charge on any atom is 0.354 e. The van der Waals surface area contributed by atoms with Crippen molar-refractivity contribution >= 4 is 29.2 Å². The second-order valence-electron chi connectivity index (χ2n) is 8.74. The predicted octanol–water partition coefficient (Wildman–Crippen LogP) is 3.85. The quantitative estimate of drug-likeness (QED) is 0.490. The first kappa shape index (κ1) is 23.8. The number of ether oxygens (including phenoxy) is 1. The van der Waals surface area contributed by atoms with Crippen LogP contribution in [-0.4, -0.2) is 27.2 Å². The number of hydrogen-bond donors (Lipinski definition) is 1. The summed E-state index contributed by atoms with van der Waals surface area (Å²) in [7, 11) is 1.27. The highest BCUT2D eigenvalue weighted by Gasteiger charge is 2.26. The number of carbonyl (C=O) groups excluding carboxylic acids is 1. The maximum atomic E-state index is 13.4. The maximum absolute atomic E-state index is 13.4. The van der Waals surface area contributed by atoms with Gasteiger partial charge in [-0.25, -0.2) is 14.2 Å². The summed E-state index contributed by atoms with van der Waals surface area (Å²) in [5.41, 5.74) is 2.37. The van der Waals surface area contributed by atoms with Crippen LogP contribution in [-0.2, 0) is 22.6 Å². The van der Waals surface area contributed by atoms with Gasteiger partial charge in [-0.1, -0.05) is 54.4 Å². The van der Waals surface area contributed by atoms with Crippen LogP contribution in [0.3, 0.4) is 0 Å². The number of methoxy groups -OCH3 is 1. The zero-order valence-corrected chi connectivity index (χ0v) is 20.1. The fourth-order valence-electron chi connectivity index (χ4n) is 3.81. The van der Waals surface area contributed by atoms with E-state index in [1.807, 2.05) is 43.3 Å². The predicted molar refractivity (Wildman–Crippen MR) is 131 cm³/mol. The van der Waals surface area contributed by atoms with Gasteiger partial charge in [0.05, 0.1) is 19.6 Å². The van der Waals surface area contributed by atoms with Crippen molar-refractivity contribution in [2.75, 3.05) is 12.4 Å². The second kappa shape index (κ2) is 9.85. The molecule has 0 aliphatic heterocycles. The van der Waals surface area contributed by atoms with E-state index in [1.54, 1.807) is 13.0 Å². The number of nitrogens with one attached hydrogen (secondary N) is 1. The Hall–Kier alpha value is -3.39. The Balaban J connectivity index is 1.74. The van der Waals surface area contributed by atoms with Crippen molar-refractivity contribution in [1.29, 1.82) is 0 Å². The zero-order valence-electron chi connectivity index (χ0n) is 19.4. The van der Waals surface area contributed by atoms with Crippen LogP contribution in [0.2, 0.25) is 5.02 Å². The van der Waals surface area contributed by atoms with Gasteiger partial charge in [-0.15, -0.1) is 0 Å². The molecule has 0 unspecified atom stereocenters. The molecule has 0 bridgehead atoms. The number of aromatic nitrogens is 3. The Morgan fingerprint density at radius 1 is 1.18 bits per heavy atom. The topological polar surface area (TPSA) is 95.2 Å². The number of anilines is 2. The Morgan fingerprint density at radius 3 is 2.50 bits per heavy atom. The Bertz CT molecular complexity index is 1330. The smallest absolute Gasteiger partial charge is 0.354 e. The van der Waals surface area contributed by atoms with Gasteiger partial charge in [-0.2, -0.15) is 4.98 Å². The van der Waals surface area contributed by atoms with Crippen molar-refractivity contribution in [2.45, 2.75) is 45.7 Å². The fraction of sp³-hybridized carbons (Fsp3) is 0.360. The standard InChI is InChI=1S/C25H27ClN4O4/c1-15-4-6-17(7-5-15)14-29-23(27-19-10-11-20(18-8-9-18)21(26)12-19)28-24(32)30(25(29)33)13-16(2)22(31)34-3/h4-7,10-12,16,18H,8-9,13-14H2,1-3H3,(H,27,28,32)/t16-/m0/s1. The van der Waals surface area contributed by atoms with E-state index < -0.39 is 23.3 Å². The van der Waals surface area contributed by atoms with E-state index in [-0.39, 0.29) is 19.0 Å². The largest absolute Gasteiger partial charge is 0.469 e. The lowest BCUT2D eigenvalue weighted by Gasteiger charge is -2.17. The number of rotatable bonds is 8. The molecule has 3 aromatic rings. The van der Waals surface area contributed by atoms with Crippen molar-refractivity contribution in [3.63, 3.8) is 0 Å². The number of esters is 1. The minimum atomic E-state index is -0.746. The Labute approximate surface area is 202 Å². The highest BCUT2D eigenvalue weighted by atomic mass is 35.5. The molecule has 1 aromatic heterocycles. The van der Waals surface area contributed by atoms with E-state index in [0.717, 1.165) is 34.1 Å². The first-order chi connectivity index (χ1) is 16.3. The number of aryl methyl sites for hydroxylation is 1. The normalized spacial score (nSPS) is 14.0. The van der Waals surface area contributed by atoms with E-state index in [2.05, 4.69) is 10.3 Å². The van der Waals surface area contributed by atoms with Gasteiger partial charge in [0.2, 0.25) is 5.95 Å². The molecule has 1 aliphatic rings. The summed E-state index contributed by atoms with van der Waals surface area (Å²) in [5.74, 6) is -0.588. The minimum Gasteiger partial charge on any atom is -0.469 e. The number of benzene rings is 2. The van der Waals surface area contributed by atoms with E-state index >= 15 is 0 Å². The van der Waals surface area contributed by atoms with Crippen LogP contribution in [0.1, 0.15) is 42.4 Å². The zero-order chi connectivity index (χ0) is 24.4. The molecule has 0 radical (unpaired) electrons. The Kier molecular flexibility index (Phi) is 6.88. The lowest BCUT2D eigenvalue weighted by molar-refractivity contribution is -0.145. The van der Waals surface area contributed by atoms with E-state index in [1.165, 1.54) is 11.7 Å². The SMILES string of the molecule is COC(=O)[C@@H](C)Cn1c(=O)nc(Nc2ccc(C3CC3)c(Cl)c2)n(Cc2ccc(C)cc2)c1=O. The number of hydrogen-bond acceptors (Lipinski definition) is 6. The molecule has 4 rings (SSSR count). The highest BCUT2D eigenvalue weighted by molar-refractivity contribution is 6.31. The van der Waals surface area contributed by atoms with Crippen LogP contribution >= 0.6 is 11.6 Å². The van der Waals surface area contributed by atoms with Gasteiger partial charge < -0.3 is 10.1 Å². The molecule has 2 aromatic carbocycles. The van der Waals surface area contributed by atoms with Crippen molar-refractivity contribution < 1.29 is 9.53 Å². The van der Waals surface area contributed by atoms with Crippen LogP contribution in [0, 0.1) is 12.8 Å². The van der Waals surface area contributed by atoms with Crippen LogP contribution in [0.15, 0.2) is 52.1 Å². The highest BCUT2D eigenvalue weighted by Crippen LogP contribution is 2.43. The molecule has 34 heavy (non-hydrogen) atoms. The minimum absolute atomic E-state index is 0.104. The lowest BCUT2D eigenvalue weighted by atomic mass is 10.1. The van der Waals surface area contributed by atoms with Crippen LogP contribution in [0.5, 0.6) is 0 Å². The van der Waals surface area contributed by atoms with Crippen molar-refractivity contribution in [3.8, 4) is 0 Å². The number of halogens is 1. The molecule has 0 saturated heterocycles. The summed E-state index contributed by atoms with van der Waals surface area (Å²) >= 11 is 6.46. The molecule has 178 valence electrons. The second-order valence-corrected chi connectivity index (χ2v) is 9.15. The van der Waals surface area contributed by atoms with E-state index in [0.29, 0.717) is 16.6 Å². The van der Waals surface area contributed by atoms with Crippen molar-refractivity contribution in [1.82, 2.24) is 14.1 Å². The van der Waals surface area contributed by atoms with Crippen LogP contribution in [0.4, 0.5) is 11.6 Å². The lowest BCUT2D eigenvalue weighted by Crippen LogP contribution is -2.44. The summed E-state index contributed by atoms with van der Waals surface area (Å²) in [6.07, 6.45) is 2.26. The summed E-state index contributed by atoms with van der Waals surface area (Å²) in [5, 5.41) is 3.73. The first-order valence-corrected chi connectivity index (χ1v) is 11.6. The monoisotopic (exact) mass is 482 g/mol. The Morgan fingerprint density at radius 2 is 1.88 bits per heavy atom. The third-order valence-corrected chi connectivity index (χ3v) is 6.27. The molecular weight excluding hydrogens is 456 g/mol. The van der Waals surface area contributed by atoms with E-state index in [4.69, 9.17) is 16.3 Å². The first-order valence-electron chi connectivity index (χ1n) is 11.2. The molecular formula is C25H27ClN4O4. The van der Waals surface area contributed by atoms with E-state index in [9.17, 15) is 14.4 Å². The average molecular weight is 483 g/mol. The third-order valence-electron chi connectivity index (χ3n) is 5.94. The van der Waals surface area contributed by atoms with Crippen LogP contribution in [0.25, 0.3) is 0 Å². The number of nitrogens with zero attached hydrogens (tertiary/aromatic N) is 3. The molecule has 8 nitrogen and oxygen atoms in total. The molecule has 1 aliphatic carbocycles. The molecule has 1 saturated carbocycles. The van der Waals surface area contributed by atoms with Gasteiger partial charge in [0.15, 0.2) is 0 Å². The molecule has 1 atom stereocenters. The molecule has 1 heterocycles. The van der Waals surface area contributed by atoms with Gasteiger partial charge in [0.1, 0.15) is 0 Å². The molecule has 0 spiro atoms. The summed E-state index contributed by atoms with van der Waals surface area (Å²) in [6.45, 7) is 3.63. The van der Waals surface area contributed by atoms with Crippen LogP contribution < -0.4 is 16.7 Å². The van der Waals surface area contributed by atoms with Gasteiger partial charge >= 0.3 is 17.3 Å². The summed E-state index contributed by atoms with van der Waals surface area (Å²) in [6, 6.07) is 13.3. The molecule has 9 heteroatoms. The summed E-state index contributed by atoms with van der Waals surface area (Å²) in [4.78, 5) is 42.2. The average Bonchev–Trinajstić information content (AvgIpc) is 3.65. The van der Waals surface area contributed by atoms with Crippen molar-refractivity contribution in [3.05, 3.63) is 85.1 Å². The van der Waals surface area contributed by atoms with Gasteiger partial charge in [-0.3, -0.25) is 9.36 Å². The number of carbonyl (C=O) groups is 1.